The van der Waals surface area contributed by atoms with Gasteiger partial charge in [-0.1, -0.05) is 35.2 Å². The lowest BCUT2D eigenvalue weighted by Crippen LogP contribution is -2.32. The SMILES string of the molecule is CC(C)N(C)C(=O)CCCCCCCBr. The molecule has 0 aliphatic heterocycles. The van der Waals surface area contributed by atoms with Crippen molar-refractivity contribution in [2.24, 2.45) is 0 Å². The molecule has 15 heavy (non-hydrogen) atoms. The molecule has 0 radical (unpaired) electrons. The third kappa shape index (κ3) is 7.83. The Bertz CT molecular complexity index is 171. The fraction of sp³-hybridized carbons (Fsp3) is 0.917. The quantitative estimate of drug-likeness (QED) is 0.491. The van der Waals surface area contributed by atoms with E-state index in [4.69, 9.17) is 0 Å². The number of rotatable bonds is 8. The van der Waals surface area contributed by atoms with Crippen molar-refractivity contribution in [1.82, 2.24) is 4.90 Å². The minimum absolute atomic E-state index is 0.283. The Kier molecular flexibility index (Phi) is 9.17. The molecule has 0 rings (SSSR count). The number of alkyl halides is 1. The second-order valence-electron chi connectivity index (χ2n) is 4.31. The van der Waals surface area contributed by atoms with Gasteiger partial charge in [-0.2, -0.15) is 0 Å². The van der Waals surface area contributed by atoms with Crippen molar-refractivity contribution in [2.45, 2.75) is 58.4 Å². The Balaban J connectivity index is 3.39. The van der Waals surface area contributed by atoms with Crippen molar-refractivity contribution in [2.75, 3.05) is 12.4 Å². The van der Waals surface area contributed by atoms with E-state index in [1.165, 1.54) is 25.7 Å². The Hall–Kier alpha value is -0.0500. The van der Waals surface area contributed by atoms with Crippen molar-refractivity contribution in [3.05, 3.63) is 0 Å². The van der Waals surface area contributed by atoms with E-state index in [1.54, 1.807) is 0 Å². The van der Waals surface area contributed by atoms with Gasteiger partial charge in [0, 0.05) is 24.8 Å². The molecule has 0 saturated carbocycles. The molecule has 0 aromatic rings. The number of carbonyl (C=O) groups excluding carboxylic acids is 1. The number of hydrogen-bond acceptors (Lipinski definition) is 1. The third-order valence-electron chi connectivity index (χ3n) is 2.69. The standard InChI is InChI=1S/C12H24BrNO/c1-11(2)14(3)12(15)9-7-5-4-6-8-10-13/h11H,4-10H2,1-3H3. The topological polar surface area (TPSA) is 20.3 Å². The minimum Gasteiger partial charge on any atom is -0.343 e. The van der Waals surface area contributed by atoms with Crippen LogP contribution in [0.15, 0.2) is 0 Å². The van der Waals surface area contributed by atoms with E-state index < -0.39 is 0 Å². The summed E-state index contributed by atoms with van der Waals surface area (Å²) in [4.78, 5) is 13.4. The van der Waals surface area contributed by atoms with Crippen LogP contribution in [0.4, 0.5) is 0 Å². The van der Waals surface area contributed by atoms with E-state index in [9.17, 15) is 4.79 Å². The molecule has 0 aliphatic rings. The lowest BCUT2D eigenvalue weighted by molar-refractivity contribution is -0.131. The van der Waals surface area contributed by atoms with Crippen LogP contribution in [0.1, 0.15) is 52.4 Å². The van der Waals surface area contributed by atoms with E-state index >= 15 is 0 Å². The molecule has 0 saturated heterocycles. The van der Waals surface area contributed by atoms with Gasteiger partial charge in [0.25, 0.3) is 0 Å². The molecule has 1 amide bonds. The van der Waals surface area contributed by atoms with Gasteiger partial charge in [-0.05, 0) is 26.7 Å². The highest BCUT2D eigenvalue weighted by atomic mass is 79.9. The van der Waals surface area contributed by atoms with Crippen molar-refractivity contribution in [3.63, 3.8) is 0 Å². The van der Waals surface area contributed by atoms with Crippen LogP contribution in [-0.4, -0.2) is 29.2 Å². The molecule has 3 heteroatoms. The predicted molar refractivity (Wildman–Crippen MR) is 69.4 cm³/mol. The zero-order valence-corrected chi connectivity index (χ0v) is 11.8. The van der Waals surface area contributed by atoms with Crippen molar-refractivity contribution in [3.8, 4) is 0 Å². The summed E-state index contributed by atoms with van der Waals surface area (Å²) < 4.78 is 0. The van der Waals surface area contributed by atoms with Crippen molar-refractivity contribution >= 4 is 21.8 Å². The number of halogens is 1. The third-order valence-corrected chi connectivity index (χ3v) is 3.25. The summed E-state index contributed by atoms with van der Waals surface area (Å²) in [6, 6.07) is 0.325. The molecule has 0 N–H and O–H groups in total. The zero-order chi connectivity index (χ0) is 11.7. The molecule has 0 spiro atoms. The fourth-order valence-electron chi connectivity index (χ4n) is 1.37. The Morgan fingerprint density at radius 1 is 1.13 bits per heavy atom. The van der Waals surface area contributed by atoms with Gasteiger partial charge in [0.15, 0.2) is 0 Å². The summed E-state index contributed by atoms with van der Waals surface area (Å²) in [6.45, 7) is 4.10. The van der Waals surface area contributed by atoms with Crippen LogP contribution in [0.3, 0.4) is 0 Å². The van der Waals surface area contributed by atoms with Gasteiger partial charge in [-0.15, -0.1) is 0 Å². The van der Waals surface area contributed by atoms with Crippen LogP contribution in [0.5, 0.6) is 0 Å². The molecule has 2 nitrogen and oxygen atoms in total. The molecule has 0 aromatic carbocycles. The van der Waals surface area contributed by atoms with Gasteiger partial charge in [-0.25, -0.2) is 0 Å². The fourth-order valence-corrected chi connectivity index (χ4v) is 1.76. The van der Waals surface area contributed by atoms with Crippen LogP contribution in [0, 0.1) is 0 Å². The van der Waals surface area contributed by atoms with Crippen LogP contribution < -0.4 is 0 Å². The van der Waals surface area contributed by atoms with E-state index in [-0.39, 0.29) is 5.91 Å². The lowest BCUT2D eigenvalue weighted by Gasteiger charge is -2.21. The Morgan fingerprint density at radius 2 is 1.67 bits per heavy atom. The number of hydrogen-bond donors (Lipinski definition) is 0. The van der Waals surface area contributed by atoms with Crippen LogP contribution >= 0.6 is 15.9 Å². The molecule has 0 heterocycles. The van der Waals surface area contributed by atoms with Gasteiger partial charge in [0.2, 0.25) is 5.91 Å². The van der Waals surface area contributed by atoms with Crippen molar-refractivity contribution in [1.29, 1.82) is 0 Å². The first-order chi connectivity index (χ1) is 7.09. The van der Waals surface area contributed by atoms with E-state index in [1.807, 2.05) is 25.8 Å². The average Bonchev–Trinajstić information content (AvgIpc) is 2.21. The highest BCUT2D eigenvalue weighted by molar-refractivity contribution is 9.09. The maximum atomic E-state index is 11.6. The number of nitrogens with zero attached hydrogens (tertiary/aromatic N) is 1. The molecule has 0 aliphatic carbocycles. The number of unbranched alkanes of at least 4 members (excludes halogenated alkanes) is 4. The molecular weight excluding hydrogens is 254 g/mol. The first-order valence-corrected chi connectivity index (χ1v) is 7.03. The summed E-state index contributed by atoms with van der Waals surface area (Å²) in [7, 11) is 1.89. The van der Waals surface area contributed by atoms with Crippen LogP contribution in [0.2, 0.25) is 0 Å². The number of amides is 1. The van der Waals surface area contributed by atoms with Crippen molar-refractivity contribution < 1.29 is 4.79 Å². The minimum atomic E-state index is 0.283. The smallest absolute Gasteiger partial charge is 0.222 e. The summed E-state index contributed by atoms with van der Waals surface area (Å²) in [5.74, 6) is 0.283. The zero-order valence-electron chi connectivity index (χ0n) is 10.3. The number of carbonyl (C=O) groups is 1. The molecule has 90 valence electrons. The summed E-state index contributed by atoms with van der Waals surface area (Å²) in [5.41, 5.74) is 0. The summed E-state index contributed by atoms with van der Waals surface area (Å²) >= 11 is 3.42. The second-order valence-corrected chi connectivity index (χ2v) is 5.10. The largest absolute Gasteiger partial charge is 0.343 e. The van der Waals surface area contributed by atoms with Gasteiger partial charge in [-0.3, -0.25) is 4.79 Å². The summed E-state index contributed by atoms with van der Waals surface area (Å²) in [5, 5.41) is 1.10. The molecule has 0 bridgehead atoms. The predicted octanol–water partition coefficient (Wildman–Crippen LogP) is 3.59. The Labute approximate surface area is 103 Å². The highest BCUT2D eigenvalue weighted by Crippen LogP contribution is 2.08. The van der Waals surface area contributed by atoms with Crippen LogP contribution in [-0.2, 0) is 4.79 Å². The van der Waals surface area contributed by atoms with Gasteiger partial charge in [0.05, 0.1) is 0 Å². The molecule has 0 unspecified atom stereocenters. The van der Waals surface area contributed by atoms with E-state index in [2.05, 4.69) is 15.9 Å². The average molecular weight is 278 g/mol. The normalized spacial score (nSPS) is 10.7. The second kappa shape index (κ2) is 9.20. The first kappa shape index (κ1) is 14.9. The molecular formula is C12H24BrNO. The maximum absolute atomic E-state index is 11.6. The van der Waals surface area contributed by atoms with Gasteiger partial charge in [0.1, 0.15) is 0 Å². The maximum Gasteiger partial charge on any atom is 0.222 e. The van der Waals surface area contributed by atoms with Crippen LogP contribution in [0.25, 0.3) is 0 Å². The van der Waals surface area contributed by atoms with Gasteiger partial charge >= 0.3 is 0 Å². The molecule has 0 atom stereocenters. The molecule has 0 aromatic heterocycles. The Morgan fingerprint density at radius 3 is 2.20 bits per heavy atom. The highest BCUT2D eigenvalue weighted by Gasteiger charge is 2.10. The van der Waals surface area contributed by atoms with E-state index in [0.717, 1.165) is 11.8 Å². The van der Waals surface area contributed by atoms with Gasteiger partial charge < -0.3 is 4.90 Å². The lowest BCUT2D eigenvalue weighted by atomic mass is 10.1. The molecule has 0 fully saturated rings. The first-order valence-electron chi connectivity index (χ1n) is 5.91. The monoisotopic (exact) mass is 277 g/mol. The summed E-state index contributed by atoms with van der Waals surface area (Å²) in [6.07, 6.45) is 6.72. The van der Waals surface area contributed by atoms with E-state index in [0.29, 0.717) is 12.5 Å².